The maximum Gasteiger partial charge on any atom is 0.315 e. The molecule has 3 fully saturated rings. The number of aliphatic hydroxyl groups is 1. The highest BCUT2D eigenvalue weighted by molar-refractivity contribution is 7.89. The van der Waals surface area contributed by atoms with Crippen molar-refractivity contribution < 1.29 is 32.7 Å². The fourth-order valence-corrected chi connectivity index (χ4v) is 10.2. The SMILES string of the molecule is C=CCNC(=O)C(O)C(CC)NC(=O)[C@@H]1[C@@H]2[C@H](CN1C(=O)[C@@H](NC(=O)N[C@H](CN1Cc3ccccc3S1(=O)=O)C(C)(C)C)C1CCCCC1)C2(C)C. The summed E-state index contributed by atoms with van der Waals surface area (Å²) in [7, 11) is -3.73. The van der Waals surface area contributed by atoms with Crippen molar-refractivity contribution in [2.75, 3.05) is 19.6 Å². The molecule has 2 aliphatic carbocycles. The molecule has 4 aliphatic rings. The maximum atomic E-state index is 14.7. The second-order valence-electron chi connectivity index (χ2n) is 16.7. The number of sulfonamides is 1. The lowest BCUT2D eigenvalue weighted by Gasteiger charge is -2.38. The Morgan fingerprint density at radius 2 is 1.73 bits per heavy atom. The third-order valence-corrected chi connectivity index (χ3v) is 13.9. The van der Waals surface area contributed by atoms with E-state index in [1.54, 1.807) is 30.0 Å². The fraction of sp³-hybridized carbons (Fsp3) is 0.684. The number of nitrogens with zero attached hydrogens (tertiary/aromatic N) is 2. The number of carbonyl (C=O) groups is 4. The molecule has 0 bridgehead atoms. The highest BCUT2D eigenvalue weighted by atomic mass is 32.2. The minimum atomic E-state index is -3.73. The van der Waals surface area contributed by atoms with Crippen molar-refractivity contribution in [3.8, 4) is 0 Å². The molecule has 1 aromatic rings. The minimum Gasteiger partial charge on any atom is -0.381 e. The van der Waals surface area contributed by atoms with Gasteiger partial charge in [0, 0.05) is 32.2 Å². The van der Waals surface area contributed by atoms with Crippen LogP contribution in [0.2, 0.25) is 0 Å². The fourth-order valence-electron chi connectivity index (χ4n) is 8.52. The highest BCUT2D eigenvalue weighted by Crippen LogP contribution is 2.65. The summed E-state index contributed by atoms with van der Waals surface area (Å²) in [4.78, 5) is 57.0. The van der Waals surface area contributed by atoms with E-state index in [1.807, 2.05) is 26.8 Å². The lowest BCUT2D eigenvalue weighted by Crippen LogP contribution is -2.62. The van der Waals surface area contributed by atoms with Gasteiger partial charge in [0.15, 0.2) is 6.10 Å². The molecule has 2 saturated carbocycles. The summed E-state index contributed by atoms with van der Waals surface area (Å²) in [5.41, 5.74) is 0.00448. The van der Waals surface area contributed by atoms with Gasteiger partial charge in [0.2, 0.25) is 21.8 Å². The molecule has 5 N–H and O–H groups in total. The molecule has 0 radical (unpaired) electrons. The topological polar surface area (TPSA) is 177 Å². The van der Waals surface area contributed by atoms with Gasteiger partial charge in [-0.15, -0.1) is 6.58 Å². The smallest absolute Gasteiger partial charge is 0.315 e. The van der Waals surface area contributed by atoms with Crippen molar-refractivity contribution >= 4 is 33.8 Å². The van der Waals surface area contributed by atoms with Crippen LogP contribution < -0.4 is 21.3 Å². The number of nitrogens with one attached hydrogen (secondary N) is 4. The van der Waals surface area contributed by atoms with Crippen LogP contribution in [0.4, 0.5) is 4.79 Å². The summed E-state index contributed by atoms with van der Waals surface area (Å²) in [6.07, 6.45) is 4.68. The predicted octanol–water partition coefficient (Wildman–Crippen LogP) is 2.89. The standard InChI is InChI=1S/C38H58N6O7S/c1-8-19-39-34(47)32(45)26(9-2)40-33(46)31-29-25(38(29,6)7)21-44(31)35(48)30(23-15-11-10-12-16-23)42-36(49)41-28(37(3,4)5)22-43-20-24-17-13-14-18-27(24)52(43,50)51/h8,13-14,17-18,23,25-26,28-32,45H,1,9-12,15-16,19-22H2,2-7H3,(H,39,47)(H,40,46)(H2,41,42,49)/t25-,26?,28+,29-,30-,31-,32?/m0/s1. The van der Waals surface area contributed by atoms with Crippen LogP contribution in [-0.4, -0.2) is 96.4 Å². The molecule has 288 valence electrons. The Bertz CT molecular complexity index is 1640. The minimum absolute atomic E-state index is 0.0544. The molecule has 5 rings (SSSR count). The number of piperidine rings is 1. The largest absolute Gasteiger partial charge is 0.381 e. The Balaban J connectivity index is 1.34. The van der Waals surface area contributed by atoms with Crippen molar-refractivity contribution in [1.82, 2.24) is 30.5 Å². The number of likely N-dealkylation sites (tertiary alicyclic amines) is 1. The Labute approximate surface area is 308 Å². The second-order valence-corrected chi connectivity index (χ2v) is 18.6. The van der Waals surface area contributed by atoms with Gasteiger partial charge in [-0.05, 0) is 59.5 Å². The summed E-state index contributed by atoms with van der Waals surface area (Å²) >= 11 is 0. The summed E-state index contributed by atoms with van der Waals surface area (Å²) in [5, 5.41) is 22.2. The van der Waals surface area contributed by atoms with Crippen LogP contribution in [0.1, 0.15) is 85.6 Å². The number of rotatable bonds is 13. The van der Waals surface area contributed by atoms with Crippen LogP contribution in [-0.2, 0) is 31.0 Å². The van der Waals surface area contributed by atoms with Gasteiger partial charge in [0.25, 0.3) is 5.91 Å². The number of hydrogen-bond donors (Lipinski definition) is 5. The Morgan fingerprint density at radius 3 is 2.35 bits per heavy atom. The summed E-state index contributed by atoms with van der Waals surface area (Å²) in [6, 6.07) is 3.16. The first-order valence-electron chi connectivity index (χ1n) is 18.8. The normalized spacial score (nSPS) is 25.8. The maximum absolute atomic E-state index is 14.7. The first-order valence-corrected chi connectivity index (χ1v) is 20.2. The van der Waals surface area contributed by atoms with E-state index in [0.717, 1.165) is 32.1 Å². The molecular weight excluding hydrogens is 685 g/mol. The highest BCUT2D eigenvalue weighted by Gasteiger charge is 2.69. The number of aliphatic hydroxyl groups excluding tert-OH is 1. The summed E-state index contributed by atoms with van der Waals surface area (Å²) in [5.74, 6) is -1.54. The molecule has 1 aromatic carbocycles. The van der Waals surface area contributed by atoms with E-state index >= 15 is 0 Å². The van der Waals surface area contributed by atoms with Crippen LogP contribution in [0.5, 0.6) is 0 Å². The number of carbonyl (C=O) groups excluding carboxylic acids is 4. The van der Waals surface area contributed by atoms with Crippen LogP contribution in [0.3, 0.4) is 0 Å². The first kappa shape index (κ1) is 39.7. The van der Waals surface area contributed by atoms with Crippen molar-refractivity contribution in [1.29, 1.82) is 0 Å². The molecule has 0 spiro atoms. The molecule has 2 aliphatic heterocycles. The monoisotopic (exact) mass is 742 g/mol. The van der Waals surface area contributed by atoms with Crippen LogP contribution >= 0.6 is 0 Å². The van der Waals surface area contributed by atoms with Gasteiger partial charge >= 0.3 is 6.03 Å². The third kappa shape index (κ3) is 8.03. The van der Waals surface area contributed by atoms with Crippen molar-refractivity contribution in [3.63, 3.8) is 0 Å². The van der Waals surface area contributed by atoms with Crippen molar-refractivity contribution in [3.05, 3.63) is 42.5 Å². The molecule has 0 aromatic heterocycles. The van der Waals surface area contributed by atoms with E-state index in [4.69, 9.17) is 0 Å². The van der Waals surface area contributed by atoms with E-state index in [2.05, 4.69) is 41.7 Å². The van der Waals surface area contributed by atoms with Gasteiger partial charge in [-0.3, -0.25) is 14.4 Å². The molecular formula is C38H58N6O7S. The Hall–Kier alpha value is -3.49. The third-order valence-electron chi connectivity index (χ3n) is 11.9. The van der Waals surface area contributed by atoms with Gasteiger partial charge in [-0.1, -0.05) is 85.1 Å². The molecule has 2 unspecified atom stereocenters. The Morgan fingerprint density at radius 1 is 1.06 bits per heavy atom. The summed E-state index contributed by atoms with van der Waals surface area (Å²) in [6.45, 7) is 16.1. The molecule has 52 heavy (non-hydrogen) atoms. The zero-order valence-corrected chi connectivity index (χ0v) is 32.3. The van der Waals surface area contributed by atoms with Gasteiger partial charge in [-0.25, -0.2) is 13.2 Å². The van der Waals surface area contributed by atoms with Gasteiger partial charge in [-0.2, -0.15) is 4.31 Å². The van der Waals surface area contributed by atoms with Gasteiger partial charge < -0.3 is 31.3 Å². The number of amides is 5. The van der Waals surface area contributed by atoms with E-state index < -0.39 is 63.6 Å². The van der Waals surface area contributed by atoms with E-state index in [-0.39, 0.29) is 53.6 Å². The molecule has 13 nitrogen and oxygen atoms in total. The quantitative estimate of drug-likeness (QED) is 0.193. The average Bonchev–Trinajstić information content (AvgIpc) is 3.36. The molecule has 5 amide bonds. The number of urea groups is 1. The van der Waals surface area contributed by atoms with Crippen molar-refractivity contribution in [2.45, 2.75) is 122 Å². The molecule has 7 atom stereocenters. The summed E-state index contributed by atoms with van der Waals surface area (Å²) < 4.78 is 28.2. The van der Waals surface area contributed by atoms with E-state index in [0.29, 0.717) is 18.5 Å². The first-order chi connectivity index (χ1) is 24.4. The number of hydrogen-bond acceptors (Lipinski definition) is 7. The van der Waals surface area contributed by atoms with Crippen LogP contribution in [0.15, 0.2) is 41.8 Å². The molecule has 2 heterocycles. The lowest BCUT2D eigenvalue weighted by molar-refractivity contribution is -0.144. The lowest BCUT2D eigenvalue weighted by atomic mass is 9.83. The molecule has 1 saturated heterocycles. The van der Waals surface area contributed by atoms with E-state index in [1.165, 1.54) is 10.4 Å². The number of benzene rings is 1. The number of fused-ring (bicyclic) bond motifs is 2. The zero-order chi connectivity index (χ0) is 38.2. The van der Waals surface area contributed by atoms with Crippen molar-refractivity contribution in [2.24, 2.45) is 28.6 Å². The zero-order valence-electron chi connectivity index (χ0n) is 31.5. The van der Waals surface area contributed by atoms with Gasteiger partial charge in [0.05, 0.1) is 10.9 Å². The van der Waals surface area contributed by atoms with E-state index in [9.17, 15) is 32.7 Å². The van der Waals surface area contributed by atoms with Crippen LogP contribution in [0.25, 0.3) is 0 Å². The Kier molecular flexibility index (Phi) is 11.8. The van der Waals surface area contributed by atoms with Gasteiger partial charge in [0.1, 0.15) is 12.1 Å². The van der Waals surface area contributed by atoms with Crippen LogP contribution in [0, 0.1) is 28.6 Å². The second kappa shape index (κ2) is 15.5. The molecule has 14 heteroatoms. The average molecular weight is 743 g/mol. The predicted molar refractivity (Wildman–Crippen MR) is 197 cm³/mol.